The van der Waals surface area contributed by atoms with Gasteiger partial charge in [-0.1, -0.05) is 6.08 Å². The second-order valence-electron chi connectivity index (χ2n) is 3.71. The molecule has 5 nitrogen and oxygen atoms in total. The van der Waals surface area contributed by atoms with Crippen LogP contribution in [0.15, 0.2) is 41.1 Å². The Hall–Kier alpha value is -2.47. The summed E-state index contributed by atoms with van der Waals surface area (Å²) in [6, 6.07) is 5.41. The van der Waals surface area contributed by atoms with Gasteiger partial charge in [0, 0.05) is 11.6 Å². The van der Waals surface area contributed by atoms with Gasteiger partial charge in [-0.05, 0) is 40.6 Å². The van der Waals surface area contributed by atoms with Crippen LogP contribution < -0.4 is 0 Å². The molecule has 0 atom stereocenters. The molecule has 6 heteroatoms. The SMILES string of the molecule is O=C(/C=C/c1ccsc1)c1ccc(O)c([N+](=O)[O-])c1. The van der Waals surface area contributed by atoms with Crippen LogP contribution in [0, 0.1) is 10.1 Å². The van der Waals surface area contributed by atoms with Crippen LogP contribution in [0.1, 0.15) is 15.9 Å². The van der Waals surface area contributed by atoms with Crippen molar-refractivity contribution in [3.8, 4) is 5.75 Å². The molecule has 2 aromatic rings. The number of aromatic hydroxyl groups is 1. The van der Waals surface area contributed by atoms with Crippen LogP contribution in [0.3, 0.4) is 0 Å². The number of ketones is 1. The van der Waals surface area contributed by atoms with Gasteiger partial charge in [-0.25, -0.2) is 0 Å². The summed E-state index contributed by atoms with van der Waals surface area (Å²) in [5, 5.41) is 23.7. The number of carbonyl (C=O) groups excluding carboxylic acids is 1. The van der Waals surface area contributed by atoms with Crippen LogP contribution in [0.5, 0.6) is 5.75 Å². The van der Waals surface area contributed by atoms with Crippen molar-refractivity contribution in [1.82, 2.24) is 0 Å². The Kier molecular flexibility index (Phi) is 3.72. The Morgan fingerprint density at radius 2 is 2.16 bits per heavy atom. The van der Waals surface area contributed by atoms with E-state index in [1.807, 2.05) is 16.8 Å². The van der Waals surface area contributed by atoms with E-state index in [1.54, 1.807) is 6.08 Å². The van der Waals surface area contributed by atoms with Gasteiger partial charge in [0.25, 0.3) is 0 Å². The van der Waals surface area contributed by atoms with E-state index in [1.165, 1.54) is 23.5 Å². The van der Waals surface area contributed by atoms with Gasteiger partial charge in [0.1, 0.15) is 0 Å². The van der Waals surface area contributed by atoms with Crippen molar-refractivity contribution in [1.29, 1.82) is 0 Å². The predicted molar refractivity (Wildman–Crippen MR) is 72.4 cm³/mol. The summed E-state index contributed by atoms with van der Waals surface area (Å²) >= 11 is 1.51. The second-order valence-corrected chi connectivity index (χ2v) is 4.49. The third-order valence-electron chi connectivity index (χ3n) is 2.43. The number of nitro benzene ring substituents is 1. The molecule has 0 amide bonds. The van der Waals surface area contributed by atoms with Crippen LogP contribution in [0.25, 0.3) is 6.08 Å². The summed E-state index contributed by atoms with van der Waals surface area (Å²) in [7, 11) is 0. The minimum Gasteiger partial charge on any atom is -0.502 e. The third-order valence-corrected chi connectivity index (χ3v) is 3.13. The molecule has 0 aliphatic heterocycles. The molecule has 0 saturated carbocycles. The number of thiophene rings is 1. The maximum Gasteiger partial charge on any atom is 0.311 e. The lowest BCUT2D eigenvalue weighted by atomic mass is 10.1. The molecule has 0 fully saturated rings. The highest BCUT2D eigenvalue weighted by Gasteiger charge is 2.15. The highest BCUT2D eigenvalue weighted by Crippen LogP contribution is 2.26. The Morgan fingerprint density at radius 3 is 2.79 bits per heavy atom. The highest BCUT2D eigenvalue weighted by molar-refractivity contribution is 7.08. The van der Waals surface area contributed by atoms with Crippen LogP contribution in [-0.2, 0) is 0 Å². The number of allylic oxidation sites excluding steroid dienone is 1. The predicted octanol–water partition coefficient (Wildman–Crippen LogP) is 3.26. The monoisotopic (exact) mass is 275 g/mol. The molecule has 1 heterocycles. The molecule has 0 unspecified atom stereocenters. The van der Waals surface area contributed by atoms with E-state index in [4.69, 9.17) is 0 Å². The molecular weight excluding hydrogens is 266 g/mol. The van der Waals surface area contributed by atoms with E-state index in [0.717, 1.165) is 17.7 Å². The van der Waals surface area contributed by atoms with Gasteiger partial charge in [0.05, 0.1) is 4.92 Å². The Labute approximate surface area is 112 Å². The van der Waals surface area contributed by atoms with Gasteiger partial charge < -0.3 is 5.11 Å². The summed E-state index contributed by atoms with van der Waals surface area (Å²) in [6.45, 7) is 0. The molecule has 0 bridgehead atoms. The van der Waals surface area contributed by atoms with Crippen LogP contribution in [0.4, 0.5) is 5.69 Å². The van der Waals surface area contributed by atoms with Crippen LogP contribution in [-0.4, -0.2) is 15.8 Å². The summed E-state index contributed by atoms with van der Waals surface area (Å²) in [5.74, 6) is -0.808. The van der Waals surface area contributed by atoms with Crippen molar-refractivity contribution in [3.05, 3.63) is 62.3 Å². The summed E-state index contributed by atoms with van der Waals surface area (Å²) < 4.78 is 0. The first kappa shape index (κ1) is 13.0. The van der Waals surface area contributed by atoms with Crippen molar-refractivity contribution < 1.29 is 14.8 Å². The average molecular weight is 275 g/mol. The van der Waals surface area contributed by atoms with Gasteiger partial charge in [-0.3, -0.25) is 14.9 Å². The fraction of sp³-hybridized carbons (Fsp3) is 0. The maximum atomic E-state index is 11.8. The number of phenolic OH excluding ortho intramolecular Hbond substituents is 1. The van der Waals surface area contributed by atoms with Gasteiger partial charge in [0.15, 0.2) is 11.5 Å². The fourth-order valence-corrected chi connectivity index (χ4v) is 2.09. The van der Waals surface area contributed by atoms with Gasteiger partial charge >= 0.3 is 5.69 Å². The number of rotatable bonds is 4. The van der Waals surface area contributed by atoms with Crippen LogP contribution >= 0.6 is 11.3 Å². The number of hydrogen-bond donors (Lipinski definition) is 1. The second kappa shape index (κ2) is 5.45. The minimum atomic E-state index is -0.727. The molecule has 1 aromatic carbocycles. The zero-order valence-electron chi connectivity index (χ0n) is 9.65. The lowest BCUT2D eigenvalue weighted by molar-refractivity contribution is -0.385. The number of carbonyl (C=O) groups is 1. The van der Waals surface area contributed by atoms with Crippen molar-refractivity contribution in [2.45, 2.75) is 0 Å². The molecule has 0 aliphatic rings. The number of benzene rings is 1. The third kappa shape index (κ3) is 3.05. The fourth-order valence-electron chi connectivity index (χ4n) is 1.46. The smallest absolute Gasteiger partial charge is 0.311 e. The molecule has 2 rings (SSSR count). The van der Waals surface area contributed by atoms with Crippen molar-refractivity contribution in [3.63, 3.8) is 0 Å². The maximum absolute atomic E-state index is 11.8. The number of phenols is 1. The molecule has 1 aromatic heterocycles. The van der Waals surface area contributed by atoms with Gasteiger partial charge in [-0.15, -0.1) is 0 Å². The molecular formula is C13H9NO4S. The first-order chi connectivity index (χ1) is 9.08. The highest BCUT2D eigenvalue weighted by atomic mass is 32.1. The average Bonchev–Trinajstić information content (AvgIpc) is 2.89. The first-order valence-electron chi connectivity index (χ1n) is 5.30. The first-order valence-corrected chi connectivity index (χ1v) is 6.24. The van der Waals surface area contributed by atoms with Crippen molar-refractivity contribution in [2.75, 3.05) is 0 Å². The minimum absolute atomic E-state index is 0.163. The summed E-state index contributed by atoms with van der Waals surface area (Å²) in [6.07, 6.45) is 2.98. The van der Waals surface area contributed by atoms with E-state index < -0.39 is 16.4 Å². The van der Waals surface area contributed by atoms with E-state index in [0.29, 0.717) is 0 Å². The molecule has 19 heavy (non-hydrogen) atoms. The van der Waals surface area contributed by atoms with Crippen molar-refractivity contribution in [2.24, 2.45) is 0 Å². The largest absolute Gasteiger partial charge is 0.502 e. The Bertz CT molecular complexity index is 647. The molecule has 0 aliphatic carbocycles. The summed E-state index contributed by atoms with van der Waals surface area (Å²) in [4.78, 5) is 21.8. The lowest BCUT2D eigenvalue weighted by Crippen LogP contribution is -1.96. The number of nitro groups is 1. The van der Waals surface area contributed by atoms with E-state index in [2.05, 4.69) is 0 Å². The topological polar surface area (TPSA) is 80.4 Å². The van der Waals surface area contributed by atoms with Crippen LogP contribution in [0.2, 0.25) is 0 Å². The molecule has 1 N–H and O–H groups in total. The molecule has 0 radical (unpaired) electrons. The number of nitrogens with zero attached hydrogens (tertiary/aromatic N) is 1. The van der Waals surface area contributed by atoms with E-state index >= 15 is 0 Å². The van der Waals surface area contributed by atoms with E-state index in [9.17, 15) is 20.0 Å². The normalized spacial score (nSPS) is 10.7. The number of hydrogen-bond acceptors (Lipinski definition) is 5. The molecule has 0 saturated heterocycles. The zero-order chi connectivity index (χ0) is 13.8. The zero-order valence-corrected chi connectivity index (χ0v) is 10.5. The van der Waals surface area contributed by atoms with E-state index in [-0.39, 0.29) is 11.3 Å². The molecule has 96 valence electrons. The van der Waals surface area contributed by atoms with Gasteiger partial charge in [0.2, 0.25) is 0 Å². The van der Waals surface area contributed by atoms with Crippen molar-refractivity contribution >= 4 is 28.9 Å². The van der Waals surface area contributed by atoms with Gasteiger partial charge in [-0.2, -0.15) is 11.3 Å². The standard InChI is InChI=1S/C13H9NO4S/c15-12(3-1-9-5-6-19-8-9)10-2-4-13(16)11(7-10)14(17)18/h1-8,16H/b3-1+. The Morgan fingerprint density at radius 1 is 1.37 bits per heavy atom. The quantitative estimate of drug-likeness (QED) is 0.402. The Balaban J connectivity index is 2.24. The summed E-state index contributed by atoms with van der Waals surface area (Å²) in [5.41, 5.74) is 0.581. The molecule has 0 spiro atoms. The lowest BCUT2D eigenvalue weighted by Gasteiger charge is -1.98.